The number of Topliss-reactive ketones (excluding diaryl/α,β-unsaturated/α-hetero) is 1. The summed E-state index contributed by atoms with van der Waals surface area (Å²) in [7, 11) is -2.60. The highest BCUT2D eigenvalue weighted by Gasteiger charge is 2.36. The van der Waals surface area contributed by atoms with Crippen molar-refractivity contribution >= 4 is 61.8 Å². The van der Waals surface area contributed by atoms with Crippen LogP contribution in [0.3, 0.4) is 0 Å². The molecule has 0 unspecified atom stereocenters. The van der Waals surface area contributed by atoms with Crippen molar-refractivity contribution in [3.05, 3.63) is 94.8 Å². The lowest BCUT2D eigenvalue weighted by atomic mass is 9.86. The number of benzene rings is 3. The number of aliphatic hydroxyl groups excluding tert-OH is 1. The summed E-state index contributed by atoms with van der Waals surface area (Å²) in [6.07, 6.45) is 2.73. The van der Waals surface area contributed by atoms with Crippen molar-refractivity contribution in [2.45, 2.75) is 45.6 Å². The predicted octanol–water partition coefficient (Wildman–Crippen LogP) is 5.10. The Morgan fingerprint density at radius 3 is 2.30 bits per heavy atom. The van der Waals surface area contributed by atoms with E-state index in [0.717, 1.165) is 23.4 Å². The molecule has 1 fully saturated rings. The molecule has 13 nitrogen and oxygen atoms in total. The van der Waals surface area contributed by atoms with Gasteiger partial charge in [0.05, 0.1) is 29.5 Å². The van der Waals surface area contributed by atoms with E-state index in [2.05, 4.69) is 10.6 Å². The highest BCUT2D eigenvalue weighted by molar-refractivity contribution is 7.92. The van der Waals surface area contributed by atoms with Crippen molar-refractivity contribution in [3.63, 3.8) is 0 Å². The molecule has 1 saturated carbocycles. The number of aliphatic hydroxyl groups is 1. The minimum atomic E-state index is -4.07. The first kappa shape index (κ1) is 38.4. The van der Waals surface area contributed by atoms with Crippen LogP contribution in [0.25, 0.3) is 28.1 Å². The number of carboxylic acids is 1. The van der Waals surface area contributed by atoms with Gasteiger partial charge in [-0.25, -0.2) is 17.6 Å². The van der Waals surface area contributed by atoms with E-state index in [1.54, 1.807) is 18.2 Å². The number of carboxylic acid groups (broad SMARTS) is 1. The number of carbonyl (C=O) groups excluding carboxylic acids is 4. The Morgan fingerprint density at radius 2 is 1.70 bits per heavy atom. The van der Waals surface area contributed by atoms with Gasteiger partial charge >= 0.3 is 5.97 Å². The largest absolute Gasteiger partial charge is 0.507 e. The first-order valence-corrected chi connectivity index (χ1v) is 18.4. The number of rotatable bonds is 15. The lowest BCUT2D eigenvalue weighted by Gasteiger charge is -2.27. The van der Waals surface area contributed by atoms with Gasteiger partial charge in [-0.3, -0.25) is 23.5 Å². The summed E-state index contributed by atoms with van der Waals surface area (Å²) in [5, 5.41) is 24.7. The molecule has 0 aliphatic heterocycles. The quantitative estimate of drug-likeness (QED) is 0.0721. The van der Waals surface area contributed by atoms with Crippen LogP contribution in [0.1, 0.15) is 66.1 Å². The van der Waals surface area contributed by atoms with Crippen LogP contribution in [-0.4, -0.2) is 67.8 Å². The van der Waals surface area contributed by atoms with Gasteiger partial charge in [-0.1, -0.05) is 32.0 Å². The number of ketones is 2. The second kappa shape index (κ2) is 15.0. The van der Waals surface area contributed by atoms with Crippen LogP contribution in [0.4, 0.5) is 10.1 Å². The van der Waals surface area contributed by atoms with Crippen LogP contribution in [0.5, 0.6) is 0 Å². The van der Waals surface area contributed by atoms with Gasteiger partial charge in [-0.05, 0) is 66.3 Å². The topological polar surface area (TPSA) is 200 Å². The SMILES string of the molecule is CNC(=O)c1c(-c2ccc(F)cc2)oc2cc(N(CC(=O)CC(C)(C)C(=O)NCc3cccc(C(O)=CC(=O)C(=O)O)c3)S(C)(=O)=O)c(C3CC3)cc12. The Balaban J connectivity index is 1.38. The van der Waals surface area contributed by atoms with Gasteiger partial charge in [0.2, 0.25) is 15.9 Å². The van der Waals surface area contributed by atoms with E-state index >= 15 is 0 Å². The minimum absolute atomic E-state index is 0.0359. The average Bonchev–Trinajstić information content (AvgIpc) is 3.88. The molecule has 0 saturated heterocycles. The Bertz CT molecular complexity index is 2270. The Labute approximate surface area is 304 Å². The molecular weight excluding hydrogens is 709 g/mol. The van der Waals surface area contributed by atoms with Crippen molar-refractivity contribution in [2.75, 3.05) is 24.2 Å². The molecule has 15 heteroatoms. The second-order valence-electron chi connectivity index (χ2n) is 13.5. The van der Waals surface area contributed by atoms with Gasteiger partial charge in [0, 0.05) is 48.7 Å². The number of aliphatic carboxylic acids is 1. The maximum atomic E-state index is 13.7. The number of hydrogen-bond donors (Lipinski definition) is 4. The van der Waals surface area contributed by atoms with Crippen LogP contribution >= 0.6 is 0 Å². The third kappa shape index (κ3) is 8.80. The molecule has 5 rings (SSSR count). The van der Waals surface area contributed by atoms with E-state index in [9.17, 15) is 41.9 Å². The number of hydrogen-bond acceptors (Lipinski definition) is 9. The maximum Gasteiger partial charge on any atom is 0.376 e. The van der Waals surface area contributed by atoms with E-state index in [1.165, 1.54) is 63.4 Å². The van der Waals surface area contributed by atoms with Gasteiger partial charge in [0.25, 0.3) is 11.7 Å². The summed E-state index contributed by atoms with van der Waals surface area (Å²) in [6.45, 7) is 2.45. The Kier molecular flexibility index (Phi) is 10.9. The van der Waals surface area contributed by atoms with Crippen LogP contribution in [0, 0.1) is 11.2 Å². The summed E-state index contributed by atoms with van der Waals surface area (Å²) in [5.74, 6) is -5.47. The summed E-state index contributed by atoms with van der Waals surface area (Å²) in [4.78, 5) is 62.2. The van der Waals surface area contributed by atoms with Crippen molar-refractivity contribution in [3.8, 4) is 11.3 Å². The fourth-order valence-corrected chi connectivity index (χ4v) is 6.84. The molecule has 1 aliphatic carbocycles. The van der Waals surface area contributed by atoms with Gasteiger partial charge in [0.15, 0.2) is 5.78 Å². The molecule has 53 heavy (non-hydrogen) atoms. The minimum Gasteiger partial charge on any atom is -0.507 e. The molecule has 0 atom stereocenters. The van der Waals surface area contributed by atoms with Crippen molar-refractivity contribution in [2.24, 2.45) is 5.41 Å². The fourth-order valence-electron chi connectivity index (χ4n) is 5.94. The number of fused-ring (bicyclic) bond motifs is 1. The standard InChI is InChI=1S/C38H38FN3O10S/c1-38(2,37(49)41-19-21-6-5-7-24(14-21)30(44)17-31(45)36(47)48)18-26(43)20-42(53(4,50)51)29-16-32-28(15-27(29)22-8-9-22)33(35(46)40-3)34(52-32)23-10-12-25(39)13-11-23/h5-7,10-17,22,44H,8-9,18-20H2,1-4H3,(H,40,46)(H,41,49)(H,47,48). The first-order valence-electron chi connectivity index (χ1n) is 16.5. The number of furan rings is 1. The number of sulfonamides is 1. The summed E-state index contributed by atoms with van der Waals surface area (Å²) < 4.78 is 47.4. The number of halogens is 1. The third-order valence-corrected chi connectivity index (χ3v) is 9.94. The van der Waals surface area contributed by atoms with Gasteiger partial charge in [-0.2, -0.15) is 0 Å². The number of amides is 2. The smallest absolute Gasteiger partial charge is 0.376 e. The molecule has 0 bridgehead atoms. The lowest BCUT2D eigenvalue weighted by molar-refractivity contribution is -0.146. The van der Waals surface area contributed by atoms with Gasteiger partial charge < -0.3 is 25.3 Å². The summed E-state index contributed by atoms with van der Waals surface area (Å²) >= 11 is 0. The third-order valence-electron chi connectivity index (χ3n) is 8.81. The Morgan fingerprint density at radius 1 is 1.02 bits per heavy atom. The van der Waals surface area contributed by atoms with Gasteiger partial charge in [0.1, 0.15) is 22.9 Å². The van der Waals surface area contributed by atoms with E-state index in [4.69, 9.17) is 9.52 Å². The van der Waals surface area contributed by atoms with Crippen LogP contribution in [0.2, 0.25) is 0 Å². The molecule has 3 aromatic carbocycles. The van der Waals surface area contributed by atoms with Crippen molar-refractivity contribution in [1.82, 2.24) is 10.6 Å². The first-order chi connectivity index (χ1) is 24.9. The van der Waals surface area contributed by atoms with E-state index in [0.29, 0.717) is 28.2 Å². The molecule has 278 valence electrons. The highest BCUT2D eigenvalue weighted by atomic mass is 32.2. The molecule has 1 aromatic heterocycles. The van der Waals surface area contributed by atoms with Crippen LogP contribution < -0.4 is 14.9 Å². The van der Waals surface area contributed by atoms with Gasteiger partial charge in [-0.15, -0.1) is 0 Å². The zero-order valence-corrected chi connectivity index (χ0v) is 30.2. The molecular formula is C38H38FN3O10S. The summed E-state index contributed by atoms with van der Waals surface area (Å²) in [5.41, 5.74) is 1.01. The van der Waals surface area contributed by atoms with E-state index < -0.39 is 62.9 Å². The molecule has 4 N–H and O–H groups in total. The maximum absolute atomic E-state index is 13.7. The normalized spacial score (nSPS) is 13.4. The average molecular weight is 748 g/mol. The Hall–Kier alpha value is -5.83. The monoisotopic (exact) mass is 747 g/mol. The fraction of sp³-hybridized carbons (Fsp3) is 0.289. The molecule has 4 aromatic rings. The van der Waals surface area contributed by atoms with Crippen molar-refractivity contribution < 1.29 is 51.4 Å². The van der Waals surface area contributed by atoms with Crippen LogP contribution in [0.15, 0.2) is 71.2 Å². The molecule has 0 spiro atoms. The zero-order valence-electron chi connectivity index (χ0n) is 29.4. The number of nitrogens with one attached hydrogen (secondary N) is 2. The molecule has 1 heterocycles. The molecule has 0 radical (unpaired) electrons. The summed E-state index contributed by atoms with van der Waals surface area (Å²) in [6, 6.07) is 14.7. The number of carbonyl (C=O) groups is 5. The van der Waals surface area contributed by atoms with E-state index in [-0.39, 0.29) is 47.0 Å². The predicted molar refractivity (Wildman–Crippen MR) is 194 cm³/mol. The lowest BCUT2D eigenvalue weighted by Crippen LogP contribution is -2.41. The molecule has 1 aliphatic rings. The number of nitrogens with zero attached hydrogens (tertiary/aromatic N) is 1. The highest BCUT2D eigenvalue weighted by Crippen LogP contribution is 2.48. The zero-order chi connectivity index (χ0) is 38.8. The van der Waals surface area contributed by atoms with E-state index in [1.807, 2.05) is 0 Å². The number of anilines is 1. The molecule has 2 amide bonds. The second-order valence-corrected chi connectivity index (χ2v) is 15.4. The van der Waals surface area contributed by atoms with Crippen LogP contribution in [-0.2, 0) is 35.7 Å². The van der Waals surface area contributed by atoms with Crippen molar-refractivity contribution in [1.29, 1.82) is 0 Å².